The van der Waals surface area contributed by atoms with E-state index in [0.717, 1.165) is 5.57 Å². The van der Waals surface area contributed by atoms with Crippen LogP contribution in [0.25, 0.3) is 0 Å². The average Bonchev–Trinajstić information content (AvgIpc) is 3.03. The summed E-state index contributed by atoms with van der Waals surface area (Å²) in [7, 11) is 3.06. The number of nitrogens with one attached hydrogen (secondary N) is 1. The smallest absolute Gasteiger partial charge is 0.255 e. The van der Waals surface area contributed by atoms with Gasteiger partial charge < -0.3 is 14.8 Å². The number of hydrogen-bond donors (Lipinski definition) is 1. The fourth-order valence-electron chi connectivity index (χ4n) is 4.16. The van der Waals surface area contributed by atoms with Gasteiger partial charge in [-0.1, -0.05) is 11.6 Å². The second-order valence-corrected chi connectivity index (χ2v) is 7.78. The average molecular weight is 420 g/mol. The normalized spacial score (nSPS) is 20.2. The van der Waals surface area contributed by atoms with Gasteiger partial charge in [-0.3, -0.25) is 19.3 Å². The van der Waals surface area contributed by atoms with Crippen LogP contribution in [-0.2, 0) is 9.59 Å². The number of anilines is 2. The molecule has 0 saturated carbocycles. The maximum absolute atomic E-state index is 12.9. The van der Waals surface area contributed by atoms with E-state index in [1.165, 1.54) is 12.0 Å². The number of hydrogen-bond acceptors (Lipinski definition) is 5. The minimum atomic E-state index is -0.342. The molecule has 1 fully saturated rings. The Morgan fingerprint density at radius 2 is 1.71 bits per heavy atom. The van der Waals surface area contributed by atoms with Gasteiger partial charge in [-0.25, -0.2) is 0 Å². The van der Waals surface area contributed by atoms with Crippen LogP contribution in [-0.4, -0.2) is 31.9 Å². The summed E-state index contributed by atoms with van der Waals surface area (Å²) >= 11 is 0. The molecule has 2 aromatic carbocycles. The summed E-state index contributed by atoms with van der Waals surface area (Å²) in [6.45, 7) is 1.99. The highest BCUT2D eigenvalue weighted by molar-refractivity contribution is 6.22. The fourth-order valence-corrected chi connectivity index (χ4v) is 4.16. The van der Waals surface area contributed by atoms with E-state index in [0.29, 0.717) is 41.3 Å². The van der Waals surface area contributed by atoms with E-state index in [4.69, 9.17) is 9.47 Å². The first kappa shape index (κ1) is 20.7. The summed E-state index contributed by atoms with van der Waals surface area (Å²) in [6.07, 6.45) is 3.26. The molecule has 3 amide bonds. The zero-order chi connectivity index (χ0) is 22.1. The van der Waals surface area contributed by atoms with E-state index < -0.39 is 0 Å². The van der Waals surface area contributed by atoms with Crippen molar-refractivity contribution in [2.45, 2.75) is 19.8 Å². The highest BCUT2D eigenvalue weighted by atomic mass is 16.5. The van der Waals surface area contributed by atoms with Crippen LogP contribution in [0.1, 0.15) is 30.1 Å². The minimum Gasteiger partial charge on any atom is -0.497 e. The lowest BCUT2D eigenvalue weighted by molar-refractivity contribution is -0.122. The van der Waals surface area contributed by atoms with Crippen molar-refractivity contribution in [2.24, 2.45) is 11.8 Å². The van der Waals surface area contributed by atoms with Crippen LogP contribution in [0.15, 0.2) is 54.1 Å². The molecule has 7 heteroatoms. The Morgan fingerprint density at radius 1 is 1.00 bits per heavy atom. The molecule has 1 heterocycles. The number of fused-ring (bicyclic) bond motifs is 1. The zero-order valence-electron chi connectivity index (χ0n) is 17.7. The van der Waals surface area contributed by atoms with Crippen molar-refractivity contribution in [3.8, 4) is 11.5 Å². The van der Waals surface area contributed by atoms with E-state index in [1.54, 1.807) is 49.6 Å². The van der Waals surface area contributed by atoms with Crippen LogP contribution in [0.2, 0.25) is 0 Å². The standard InChI is InChI=1S/C24H24N2O5/c1-14-4-10-18-19(12-14)24(29)26(23(18)28)16-7-5-15(6-8-16)22(27)25-20-13-17(30-2)9-11-21(20)31-3/h4-9,11,13,18-19H,10,12H2,1-3H3,(H,25,27)/t18-,19+/m0/s1. The third-order valence-corrected chi connectivity index (χ3v) is 5.87. The summed E-state index contributed by atoms with van der Waals surface area (Å²) in [5.74, 6) is -0.168. The lowest BCUT2D eigenvalue weighted by Gasteiger charge is -2.18. The fraction of sp³-hybridized carbons (Fsp3) is 0.292. The van der Waals surface area contributed by atoms with E-state index in [9.17, 15) is 14.4 Å². The summed E-state index contributed by atoms with van der Waals surface area (Å²) < 4.78 is 10.5. The Morgan fingerprint density at radius 3 is 2.39 bits per heavy atom. The van der Waals surface area contributed by atoms with E-state index in [1.807, 2.05) is 13.0 Å². The molecule has 31 heavy (non-hydrogen) atoms. The molecule has 0 radical (unpaired) electrons. The topological polar surface area (TPSA) is 84.9 Å². The van der Waals surface area contributed by atoms with Crippen LogP contribution in [0.4, 0.5) is 11.4 Å². The molecule has 1 saturated heterocycles. The Labute approximate surface area is 180 Å². The van der Waals surface area contributed by atoms with Gasteiger partial charge in [0.2, 0.25) is 11.8 Å². The lowest BCUT2D eigenvalue weighted by Crippen LogP contribution is -2.30. The van der Waals surface area contributed by atoms with Gasteiger partial charge in [-0.2, -0.15) is 0 Å². The first-order valence-corrected chi connectivity index (χ1v) is 10.1. The van der Waals surface area contributed by atoms with Crippen molar-refractivity contribution < 1.29 is 23.9 Å². The van der Waals surface area contributed by atoms with Crippen molar-refractivity contribution in [2.75, 3.05) is 24.4 Å². The van der Waals surface area contributed by atoms with Crippen LogP contribution in [0.3, 0.4) is 0 Å². The predicted octanol–water partition coefficient (Wildman–Crippen LogP) is 3.80. The number of ether oxygens (including phenoxy) is 2. The number of carbonyl (C=O) groups excluding carboxylic acids is 3. The first-order valence-electron chi connectivity index (χ1n) is 10.1. The molecular weight excluding hydrogens is 396 g/mol. The van der Waals surface area contributed by atoms with Crippen molar-refractivity contribution >= 4 is 29.1 Å². The van der Waals surface area contributed by atoms with Crippen LogP contribution < -0.4 is 19.7 Å². The maximum atomic E-state index is 12.9. The van der Waals surface area contributed by atoms with Gasteiger partial charge in [0.15, 0.2) is 0 Å². The van der Waals surface area contributed by atoms with E-state index in [2.05, 4.69) is 5.32 Å². The van der Waals surface area contributed by atoms with Crippen molar-refractivity contribution in [1.82, 2.24) is 0 Å². The number of imide groups is 1. The highest BCUT2D eigenvalue weighted by Crippen LogP contribution is 2.39. The second-order valence-electron chi connectivity index (χ2n) is 7.78. The van der Waals surface area contributed by atoms with Gasteiger partial charge in [0.25, 0.3) is 5.91 Å². The molecule has 2 aromatic rings. The van der Waals surface area contributed by atoms with Crippen molar-refractivity contribution in [3.05, 3.63) is 59.7 Å². The van der Waals surface area contributed by atoms with Gasteiger partial charge in [0, 0.05) is 11.6 Å². The third kappa shape index (κ3) is 3.79. The molecule has 160 valence electrons. The summed E-state index contributed by atoms with van der Waals surface area (Å²) in [5.41, 5.74) is 2.50. The molecule has 7 nitrogen and oxygen atoms in total. The Hall–Kier alpha value is -3.61. The predicted molar refractivity (Wildman–Crippen MR) is 116 cm³/mol. The van der Waals surface area contributed by atoms with Gasteiger partial charge in [-0.15, -0.1) is 0 Å². The van der Waals surface area contributed by atoms with Crippen LogP contribution in [0.5, 0.6) is 11.5 Å². The molecule has 0 spiro atoms. The summed E-state index contributed by atoms with van der Waals surface area (Å²) in [6, 6.07) is 11.6. The monoisotopic (exact) mass is 420 g/mol. The number of allylic oxidation sites excluding steroid dienone is 2. The number of nitrogens with zero attached hydrogens (tertiary/aromatic N) is 1. The Kier molecular flexibility index (Phi) is 5.50. The molecular formula is C24H24N2O5. The number of rotatable bonds is 5. The molecule has 0 unspecified atom stereocenters. The molecule has 1 aliphatic heterocycles. The first-order chi connectivity index (χ1) is 14.9. The molecule has 2 aliphatic rings. The molecule has 4 rings (SSSR count). The van der Waals surface area contributed by atoms with Crippen LogP contribution >= 0.6 is 0 Å². The summed E-state index contributed by atoms with van der Waals surface area (Å²) in [5, 5.41) is 2.81. The van der Waals surface area contributed by atoms with Gasteiger partial charge in [0.05, 0.1) is 37.4 Å². The van der Waals surface area contributed by atoms with Gasteiger partial charge in [-0.05, 0) is 56.2 Å². The Balaban J connectivity index is 1.52. The lowest BCUT2D eigenvalue weighted by atomic mass is 9.82. The number of carbonyl (C=O) groups is 3. The van der Waals surface area contributed by atoms with E-state index in [-0.39, 0.29) is 29.6 Å². The molecule has 0 aromatic heterocycles. The number of benzene rings is 2. The molecule has 1 aliphatic carbocycles. The summed E-state index contributed by atoms with van der Waals surface area (Å²) in [4.78, 5) is 39.7. The number of methoxy groups -OCH3 is 2. The quantitative estimate of drug-likeness (QED) is 0.587. The molecule has 2 atom stereocenters. The van der Waals surface area contributed by atoms with Crippen LogP contribution in [0, 0.1) is 11.8 Å². The van der Waals surface area contributed by atoms with Crippen molar-refractivity contribution in [3.63, 3.8) is 0 Å². The SMILES string of the molecule is COc1ccc(OC)c(NC(=O)c2ccc(N3C(=O)[C@H]4CC=C(C)C[C@H]4C3=O)cc2)c1. The largest absolute Gasteiger partial charge is 0.497 e. The maximum Gasteiger partial charge on any atom is 0.255 e. The number of amides is 3. The Bertz CT molecular complexity index is 1070. The third-order valence-electron chi connectivity index (χ3n) is 5.87. The van der Waals surface area contributed by atoms with Gasteiger partial charge >= 0.3 is 0 Å². The van der Waals surface area contributed by atoms with Gasteiger partial charge in [0.1, 0.15) is 11.5 Å². The minimum absolute atomic E-state index is 0.166. The molecule has 1 N–H and O–H groups in total. The van der Waals surface area contributed by atoms with Crippen molar-refractivity contribution in [1.29, 1.82) is 0 Å². The zero-order valence-corrected chi connectivity index (χ0v) is 17.7. The highest BCUT2D eigenvalue weighted by Gasteiger charge is 2.48. The second kappa shape index (κ2) is 8.26. The molecule has 0 bridgehead atoms. The van der Waals surface area contributed by atoms with E-state index >= 15 is 0 Å².